The molecule has 1 atom stereocenters. The molecule has 1 saturated heterocycles. The highest BCUT2D eigenvalue weighted by molar-refractivity contribution is 5.95. The Kier molecular flexibility index (Phi) is 5.94. The fourth-order valence-electron chi connectivity index (χ4n) is 4.07. The first kappa shape index (κ1) is 19.2. The number of nitrogens with zero attached hydrogens (tertiary/aromatic N) is 3. The van der Waals surface area contributed by atoms with Gasteiger partial charge in [0.1, 0.15) is 0 Å². The average molecular weight is 389 g/mol. The minimum Gasteiger partial charge on any atom is -0.371 e. The van der Waals surface area contributed by atoms with Gasteiger partial charge in [-0.1, -0.05) is 55.5 Å². The molecular weight excluding hydrogens is 360 g/mol. The van der Waals surface area contributed by atoms with Crippen molar-refractivity contribution < 1.29 is 4.79 Å². The van der Waals surface area contributed by atoms with Crippen molar-refractivity contribution in [3.63, 3.8) is 0 Å². The summed E-state index contributed by atoms with van der Waals surface area (Å²) < 4.78 is 1.94. The third kappa shape index (κ3) is 4.50. The molecule has 5 heteroatoms. The lowest BCUT2D eigenvalue weighted by molar-refractivity contribution is 0.0947. The summed E-state index contributed by atoms with van der Waals surface area (Å²) in [5.74, 6) is 0.461. The van der Waals surface area contributed by atoms with E-state index in [1.165, 1.54) is 11.3 Å². The lowest BCUT2D eigenvalue weighted by atomic mass is 10.1. The van der Waals surface area contributed by atoms with Crippen molar-refractivity contribution >= 4 is 11.6 Å². The van der Waals surface area contributed by atoms with Crippen molar-refractivity contribution in [1.29, 1.82) is 0 Å². The van der Waals surface area contributed by atoms with Crippen LogP contribution in [0.2, 0.25) is 0 Å². The van der Waals surface area contributed by atoms with E-state index < -0.39 is 0 Å². The molecule has 2 heterocycles. The second-order valence-electron chi connectivity index (χ2n) is 7.65. The Balaban J connectivity index is 1.35. The summed E-state index contributed by atoms with van der Waals surface area (Å²) in [4.78, 5) is 15.2. The molecular formula is C24H28N4O. The van der Waals surface area contributed by atoms with Crippen molar-refractivity contribution in [2.45, 2.75) is 26.3 Å². The van der Waals surface area contributed by atoms with Gasteiger partial charge in [0, 0.05) is 25.3 Å². The molecule has 1 amide bonds. The molecule has 0 bridgehead atoms. The van der Waals surface area contributed by atoms with Gasteiger partial charge in [-0.05, 0) is 36.5 Å². The van der Waals surface area contributed by atoms with Gasteiger partial charge in [0.25, 0.3) is 5.91 Å². The number of amides is 1. The number of hydrogen-bond acceptors (Lipinski definition) is 3. The monoisotopic (exact) mass is 388 g/mol. The predicted octanol–water partition coefficient (Wildman–Crippen LogP) is 3.75. The maximum absolute atomic E-state index is 12.8. The van der Waals surface area contributed by atoms with E-state index in [0.717, 1.165) is 31.6 Å². The van der Waals surface area contributed by atoms with Crippen molar-refractivity contribution in [2.24, 2.45) is 5.92 Å². The zero-order valence-electron chi connectivity index (χ0n) is 16.9. The summed E-state index contributed by atoms with van der Waals surface area (Å²) in [6.07, 6.45) is 3.59. The Morgan fingerprint density at radius 3 is 2.55 bits per heavy atom. The third-order valence-corrected chi connectivity index (χ3v) is 5.66. The molecule has 1 aromatic heterocycles. The smallest absolute Gasteiger partial charge is 0.254 e. The van der Waals surface area contributed by atoms with Crippen LogP contribution in [0.5, 0.6) is 0 Å². The van der Waals surface area contributed by atoms with Crippen LogP contribution in [0.25, 0.3) is 0 Å². The quantitative estimate of drug-likeness (QED) is 0.671. The van der Waals surface area contributed by atoms with E-state index in [-0.39, 0.29) is 5.91 Å². The lowest BCUT2D eigenvalue weighted by Crippen LogP contribution is -2.31. The van der Waals surface area contributed by atoms with E-state index in [0.29, 0.717) is 24.6 Å². The molecule has 5 nitrogen and oxygen atoms in total. The van der Waals surface area contributed by atoms with Gasteiger partial charge < -0.3 is 10.2 Å². The lowest BCUT2D eigenvalue weighted by Gasteiger charge is -2.18. The molecule has 0 radical (unpaired) electrons. The Labute approximate surface area is 172 Å². The Bertz CT molecular complexity index is 936. The van der Waals surface area contributed by atoms with Crippen LogP contribution in [0.3, 0.4) is 0 Å². The van der Waals surface area contributed by atoms with Gasteiger partial charge in [-0.15, -0.1) is 0 Å². The molecule has 1 fully saturated rings. The van der Waals surface area contributed by atoms with Crippen LogP contribution in [0, 0.1) is 5.92 Å². The highest BCUT2D eigenvalue weighted by Crippen LogP contribution is 2.23. The van der Waals surface area contributed by atoms with Gasteiger partial charge in [-0.25, -0.2) is 0 Å². The van der Waals surface area contributed by atoms with Gasteiger partial charge in [0.15, 0.2) is 0 Å². The van der Waals surface area contributed by atoms with E-state index in [1.54, 1.807) is 6.20 Å². The van der Waals surface area contributed by atoms with Crippen molar-refractivity contribution in [2.75, 3.05) is 24.5 Å². The van der Waals surface area contributed by atoms with E-state index >= 15 is 0 Å². The fourth-order valence-corrected chi connectivity index (χ4v) is 4.07. The number of carbonyl (C=O) groups excluding carboxylic acids is 1. The predicted molar refractivity (Wildman–Crippen MR) is 116 cm³/mol. The van der Waals surface area contributed by atoms with Crippen LogP contribution in [0.15, 0.2) is 66.9 Å². The Morgan fingerprint density at radius 1 is 1.10 bits per heavy atom. The molecule has 150 valence electrons. The molecule has 3 aromatic rings. The number of rotatable bonds is 7. The van der Waals surface area contributed by atoms with Crippen LogP contribution < -0.4 is 10.2 Å². The summed E-state index contributed by atoms with van der Waals surface area (Å²) in [7, 11) is 0. The van der Waals surface area contributed by atoms with Crippen LogP contribution in [-0.2, 0) is 13.0 Å². The number of anilines is 1. The molecule has 29 heavy (non-hydrogen) atoms. The molecule has 1 unspecified atom stereocenters. The summed E-state index contributed by atoms with van der Waals surface area (Å²) in [6.45, 7) is 5.49. The molecule has 0 saturated carbocycles. The van der Waals surface area contributed by atoms with Crippen molar-refractivity contribution in [1.82, 2.24) is 15.1 Å². The normalized spacial score (nSPS) is 16.2. The van der Waals surface area contributed by atoms with Crippen molar-refractivity contribution in [3.05, 3.63) is 83.7 Å². The number of benzene rings is 2. The number of hydrogen-bond donors (Lipinski definition) is 1. The largest absolute Gasteiger partial charge is 0.371 e. The van der Waals surface area contributed by atoms with E-state index in [1.807, 2.05) is 28.9 Å². The number of carbonyl (C=O) groups is 1. The first-order chi connectivity index (χ1) is 14.2. The highest BCUT2D eigenvalue weighted by atomic mass is 16.1. The minimum atomic E-state index is -0.0145. The third-order valence-electron chi connectivity index (χ3n) is 5.66. The standard InChI is InChI=1S/C24H28N4O/c1-2-23-22(16-26-28(23)18-19-9-5-3-6-10-19)24(29)25-15-20-13-14-27(17-20)21-11-7-4-8-12-21/h3-12,16,20H,2,13-15,17-18H2,1H3,(H,25,29). The average Bonchev–Trinajstić information content (AvgIpc) is 3.40. The van der Waals surface area contributed by atoms with Crippen molar-refractivity contribution in [3.8, 4) is 0 Å². The zero-order chi connectivity index (χ0) is 20.1. The van der Waals surface area contributed by atoms with Gasteiger partial charge in [-0.3, -0.25) is 9.48 Å². The van der Waals surface area contributed by atoms with E-state index in [9.17, 15) is 4.79 Å². The first-order valence-electron chi connectivity index (χ1n) is 10.4. The molecule has 0 spiro atoms. The maximum Gasteiger partial charge on any atom is 0.254 e. The zero-order valence-corrected chi connectivity index (χ0v) is 16.9. The fraction of sp³-hybridized carbons (Fsp3) is 0.333. The van der Waals surface area contributed by atoms with Gasteiger partial charge in [0.2, 0.25) is 0 Å². The van der Waals surface area contributed by atoms with Gasteiger partial charge >= 0.3 is 0 Å². The van der Waals surface area contributed by atoms with Gasteiger partial charge in [0.05, 0.1) is 24.0 Å². The number of nitrogens with one attached hydrogen (secondary N) is 1. The summed E-state index contributed by atoms with van der Waals surface area (Å²) in [6, 6.07) is 20.7. The topological polar surface area (TPSA) is 50.2 Å². The Hall–Kier alpha value is -3.08. The second-order valence-corrected chi connectivity index (χ2v) is 7.65. The summed E-state index contributed by atoms with van der Waals surface area (Å²) in [5.41, 5.74) is 4.13. The molecule has 1 N–H and O–H groups in total. The van der Waals surface area contributed by atoms with E-state index in [2.05, 4.69) is 58.6 Å². The first-order valence-corrected chi connectivity index (χ1v) is 10.4. The molecule has 0 aliphatic carbocycles. The molecule has 4 rings (SSSR count). The number of para-hydroxylation sites is 1. The SMILES string of the molecule is CCc1c(C(=O)NCC2CCN(c3ccccc3)C2)cnn1Cc1ccccc1. The Morgan fingerprint density at radius 2 is 1.83 bits per heavy atom. The summed E-state index contributed by atoms with van der Waals surface area (Å²) >= 11 is 0. The van der Waals surface area contributed by atoms with Crippen LogP contribution in [0.1, 0.15) is 35.0 Å². The summed E-state index contributed by atoms with van der Waals surface area (Å²) in [5, 5.41) is 7.63. The van der Waals surface area contributed by atoms with Crippen LogP contribution in [0.4, 0.5) is 5.69 Å². The second kappa shape index (κ2) is 8.95. The van der Waals surface area contributed by atoms with Crippen LogP contribution >= 0.6 is 0 Å². The van der Waals surface area contributed by atoms with Gasteiger partial charge in [-0.2, -0.15) is 5.10 Å². The molecule has 2 aromatic carbocycles. The number of aromatic nitrogens is 2. The maximum atomic E-state index is 12.8. The minimum absolute atomic E-state index is 0.0145. The van der Waals surface area contributed by atoms with E-state index in [4.69, 9.17) is 0 Å². The van der Waals surface area contributed by atoms with Crippen LogP contribution in [-0.4, -0.2) is 35.3 Å². The molecule has 1 aliphatic rings. The highest BCUT2D eigenvalue weighted by Gasteiger charge is 2.24. The molecule has 1 aliphatic heterocycles.